The maximum absolute atomic E-state index is 12.4. The van der Waals surface area contributed by atoms with Crippen LogP contribution in [0.4, 0.5) is 4.39 Å². The molecule has 76 valence electrons. The van der Waals surface area contributed by atoms with Crippen LogP contribution in [0.25, 0.3) is 0 Å². The first kappa shape index (κ1) is 10.6. The minimum Gasteiger partial charge on any atom is -0.268 e. The van der Waals surface area contributed by atoms with Crippen molar-refractivity contribution < 1.29 is 17.6 Å². The maximum Gasteiger partial charge on any atom is 0.264 e. The number of carbonyl (C=O) groups is 1. The van der Waals surface area contributed by atoms with E-state index >= 15 is 0 Å². The van der Waals surface area contributed by atoms with Crippen LogP contribution in [0.15, 0.2) is 24.3 Å². The summed E-state index contributed by atoms with van der Waals surface area (Å²) in [5.74, 6) is -1.26. The van der Waals surface area contributed by atoms with E-state index in [0.29, 0.717) is 0 Å². The van der Waals surface area contributed by atoms with Gasteiger partial charge >= 0.3 is 0 Å². The molecule has 0 spiro atoms. The van der Waals surface area contributed by atoms with E-state index in [1.165, 1.54) is 12.1 Å². The van der Waals surface area contributed by atoms with Gasteiger partial charge in [0, 0.05) is 5.56 Å². The highest BCUT2D eigenvalue weighted by molar-refractivity contribution is 7.89. The average molecular weight is 217 g/mol. The first-order chi connectivity index (χ1) is 6.38. The van der Waals surface area contributed by atoms with Crippen LogP contribution in [0.3, 0.4) is 0 Å². The smallest absolute Gasteiger partial charge is 0.264 e. The van der Waals surface area contributed by atoms with Gasteiger partial charge in [0.05, 0.1) is 6.26 Å². The van der Waals surface area contributed by atoms with Gasteiger partial charge in [-0.15, -0.1) is 0 Å². The van der Waals surface area contributed by atoms with Crippen LogP contribution in [0.2, 0.25) is 0 Å². The summed E-state index contributed by atoms with van der Waals surface area (Å²) in [5, 5.41) is 0. The Balaban J connectivity index is 2.86. The van der Waals surface area contributed by atoms with Crippen molar-refractivity contribution in [3.8, 4) is 0 Å². The molecule has 0 aliphatic rings. The second-order valence-electron chi connectivity index (χ2n) is 2.71. The van der Waals surface area contributed by atoms with Crippen molar-refractivity contribution in [3.05, 3.63) is 35.6 Å². The molecule has 1 amide bonds. The first-order valence-electron chi connectivity index (χ1n) is 3.66. The van der Waals surface area contributed by atoms with Crippen molar-refractivity contribution >= 4 is 15.9 Å². The Morgan fingerprint density at radius 1 is 1.29 bits per heavy atom. The van der Waals surface area contributed by atoms with E-state index in [4.69, 9.17) is 0 Å². The predicted molar refractivity (Wildman–Crippen MR) is 48.7 cm³/mol. The van der Waals surface area contributed by atoms with Crippen LogP contribution < -0.4 is 4.72 Å². The Bertz CT molecular complexity index is 438. The third-order valence-corrected chi connectivity index (χ3v) is 1.94. The van der Waals surface area contributed by atoms with E-state index in [9.17, 15) is 17.6 Å². The van der Waals surface area contributed by atoms with Gasteiger partial charge in [-0.2, -0.15) is 0 Å². The first-order valence-corrected chi connectivity index (χ1v) is 5.55. The molecule has 0 fully saturated rings. The van der Waals surface area contributed by atoms with E-state index in [1.54, 1.807) is 4.72 Å². The van der Waals surface area contributed by atoms with Crippen molar-refractivity contribution in [2.45, 2.75) is 0 Å². The second-order valence-corrected chi connectivity index (χ2v) is 4.46. The summed E-state index contributed by atoms with van der Waals surface area (Å²) >= 11 is 0. The van der Waals surface area contributed by atoms with Crippen LogP contribution in [0, 0.1) is 5.82 Å². The predicted octanol–water partition coefficient (Wildman–Crippen LogP) is 0.515. The zero-order valence-corrected chi connectivity index (χ0v) is 8.14. The van der Waals surface area contributed by atoms with E-state index in [2.05, 4.69) is 0 Å². The number of rotatable bonds is 2. The van der Waals surface area contributed by atoms with Gasteiger partial charge in [0.25, 0.3) is 5.91 Å². The molecular weight excluding hydrogens is 209 g/mol. The Kier molecular flexibility index (Phi) is 2.85. The molecule has 6 heteroatoms. The number of amides is 1. The molecule has 4 nitrogen and oxygen atoms in total. The van der Waals surface area contributed by atoms with Crippen LogP contribution >= 0.6 is 0 Å². The molecule has 0 unspecified atom stereocenters. The van der Waals surface area contributed by atoms with Gasteiger partial charge in [-0.05, 0) is 24.3 Å². The van der Waals surface area contributed by atoms with Gasteiger partial charge in [-0.3, -0.25) is 4.79 Å². The monoisotopic (exact) mass is 217 g/mol. The molecule has 0 atom stereocenters. The van der Waals surface area contributed by atoms with Crippen LogP contribution in [0.5, 0.6) is 0 Å². The van der Waals surface area contributed by atoms with Crippen molar-refractivity contribution in [1.29, 1.82) is 0 Å². The Morgan fingerprint density at radius 3 is 2.21 bits per heavy atom. The molecule has 1 aromatic carbocycles. The molecule has 0 saturated heterocycles. The van der Waals surface area contributed by atoms with Gasteiger partial charge < -0.3 is 0 Å². The molecule has 0 radical (unpaired) electrons. The van der Waals surface area contributed by atoms with Gasteiger partial charge in [0.2, 0.25) is 10.0 Å². The zero-order valence-electron chi connectivity index (χ0n) is 7.32. The topological polar surface area (TPSA) is 63.2 Å². The summed E-state index contributed by atoms with van der Waals surface area (Å²) in [6, 6.07) is 4.57. The highest BCUT2D eigenvalue weighted by atomic mass is 32.2. The van der Waals surface area contributed by atoms with Crippen molar-refractivity contribution in [2.24, 2.45) is 0 Å². The SMILES string of the molecule is CS(=O)(=O)NC(=O)c1ccc(F)cc1. The number of hydrogen-bond acceptors (Lipinski definition) is 3. The summed E-state index contributed by atoms with van der Waals surface area (Å²) in [6.45, 7) is 0. The summed E-state index contributed by atoms with van der Waals surface area (Å²) in [6.07, 6.45) is 0.869. The molecule has 1 aromatic rings. The highest BCUT2D eigenvalue weighted by Gasteiger charge is 2.10. The Labute approximate surface area is 80.8 Å². The van der Waals surface area contributed by atoms with Gasteiger partial charge in [0.15, 0.2) is 0 Å². The highest BCUT2D eigenvalue weighted by Crippen LogP contribution is 2.02. The number of carbonyl (C=O) groups excluding carboxylic acids is 1. The van der Waals surface area contributed by atoms with Crippen molar-refractivity contribution in [1.82, 2.24) is 4.72 Å². The van der Waals surface area contributed by atoms with Crippen LogP contribution in [0.1, 0.15) is 10.4 Å². The lowest BCUT2D eigenvalue weighted by atomic mass is 10.2. The molecule has 0 saturated carbocycles. The lowest BCUT2D eigenvalue weighted by molar-refractivity contribution is 0.0981. The van der Waals surface area contributed by atoms with E-state index in [0.717, 1.165) is 18.4 Å². The number of benzene rings is 1. The van der Waals surface area contributed by atoms with Crippen molar-refractivity contribution in [2.75, 3.05) is 6.26 Å². The molecule has 0 aromatic heterocycles. The molecule has 0 heterocycles. The fourth-order valence-corrected chi connectivity index (χ4v) is 1.28. The Morgan fingerprint density at radius 2 is 1.79 bits per heavy atom. The molecule has 14 heavy (non-hydrogen) atoms. The second kappa shape index (κ2) is 3.75. The summed E-state index contributed by atoms with van der Waals surface area (Å²) in [5.41, 5.74) is 0.0943. The maximum atomic E-state index is 12.4. The quantitative estimate of drug-likeness (QED) is 0.785. The molecule has 0 aliphatic carbocycles. The number of hydrogen-bond donors (Lipinski definition) is 1. The third kappa shape index (κ3) is 3.14. The molecule has 0 aliphatic heterocycles. The van der Waals surface area contributed by atoms with Gasteiger partial charge in [0.1, 0.15) is 5.82 Å². The Hall–Kier alpha value is -1.43. The number of halogens is 1. The largest absolute Gasteiger partial charge is 0.268 e. The standard InChI is InChI=1S/C8H8FNO3S/c1-14(12,13)10-8(11)6-2-4-7(9)5-3-6/h2-5H,1H3,(H,10,11). The minimum absolute atomic E-state index is 0.0943. The van der Waals surface area contributed by atoms with E-state index < -0.39 is 21.7 Å². The third-order valence-electron chi connectivity index (χ3n) is 1.38. The number of nitrogens with one attached hydrogen (secondary N) is 1. The molecule has 0 bridgehead atoms. The number of sulfonamides is 1. The zero-order chi connectivity index (χ0) is 10.8. The molecule has 1 rings (SSSR count). The summed E-state index contributed by atoms with van der Waals surface area (Å²) in [4.78, 5) is 11.2. The summed E-state index contributed by atoms with van der Waals surface area (Å²) in [7, 11) is -3.57. The fourth-order valence-electron chi connectivity index (χ4n) is 0.829. The van der Waals surface area contributed by atoms with Gasteiger partial charge in [-0.25, -0.2) is 17.5 Å². The minimum atomic E-state index is -3.57. The fraction of sp³-hybridized carbons (Fsp3) is 0.125. The molecular formula is C8H8FNO3S. The molecule has 1 N–H and O–H groups in total. The van der Waals surface area contributed by atoms with Crippen LogP contribution in [-0.2, 0) is 10.0 Å². The lowest BCUT2D eigenvalue weighted by Gasteiger charge is -2.01. The average Bonchev–Trinajstić information content (AvgIpc) is 2.02. The normalized spacial score (nSPS) is 11.0. The lowest BCUT2D eigenvalue weighted by Crippen LogP contribution is -2.29. The van der Waals surface area contributed by atoms with Gasteiger partial charge in [-0.1, -0.05) is 0 Å². The van der Waals surface area contributed by atoms with E-state index in [-0.39, 0.29) is 5.56 Å². The van der Waals surface area contributed by atoms with Crippen molar-refractivity contribution in [3.63, 3.8) is 0 Å². The van der Waals surface area contributed by atoms with E-state index in [1.807, 2.05) is 0 Å². The summed E-state index contributed by atoms with van der Waals surface area (Å²) < 4.78 is 35.6. The van der Waals surface area contributed by atoms with Crippen LogP contribution in [-0.4, -0.2) is 20.6 Å².